The normalized spacial score (nSPS) is 30.8. The summed E-state index contributed by atoms with van der Waals surface area (Å²) in [5, 5.41) is 1.04. The number of hydrogen-bond donors (Lipinski definition) is 0. The highest BCUT2D eigenvalue weighted by Crippen LogP contribution is 2.36. The van der Waals surface area contributed by atoms with Crippen LogP contribution in [0.5, 0.6) is 0 Å². The predicted molar refractivity (Wildman–Crippen MR) is 78.7 cm³/mol. The van der Waals surface area contributed by atoms with Crippen molar-refractivity contribution in [3.63, 3.8) is 0 Å². The van der Waals surface area contributed by atoms with Gasteiger partial charge < -0.3 is 0 Å². The first kappa shape index (κ1) is 13.3. The molecular formula is C14H19NO2S2. The minimum atomic E-state index is -3.46. The summed E-state index contributed by atoms with van der Waals surface area (Å²) >= 11 is 0. The zero-order valence-electron chi connectivity index (χ0n) is 10.9. The van der Waals surface area contributed by atoms with Gasteiger partial charge in [-0.1, -0.05) is 41.7 Å². The summed E-state index contributed by atoms with van der Waals surface area (Å²) in [4.78, 5) is 0.339. The first-order valence-corrected chi connectivity index (χ1v) is 9.67. The van der Waals surface area contributed by atoms with Crippen LogP contribution in [0.1, 0.15) is 38.5 Å². The Hall–Kier alpha value is -0.680. The van der Waals surface area contributed by atoms with E-state index in [2.05, 4.69) is 3.77 Å². The molecule has 0 N–H and O–H groups in total. The second-order valence-corrected chi connectivity index (χ2v) is 9.36. The summed E-state index contributed by atoms with van der Waals surface area (Å²) in [7, 11) is -3.74. The van der Waals surface area contributed by atoms with E-state index >= 15 is 0 Å². The van der Waals surface area contributed by atoms with E-state index in [1.165, 1.54) is 12.8 Å². The number of benzene rings is 1. The fourth-order valence-corrected chi connectivity index (χ4v) is 7.96. The van der Waals surface area contributed by atoms with Gasteiger partial charge in [-0.15, -0.1) is 3.77 Å². The third-order valence-electron chi connectivity index (χ3n) is 4.01. The Bertz CT molecular complexity index is 557. The SMILES string of the molecule is O=S(=O)(N=S1C2CCCC1CCC2)c1ccccc1. The Kier molecular flexibility index (Phi) is 3.76. The highest BCUT2D eigenvalue weighted by molar-refractivity contribution is 8.00. The van der Waals surface area contributed by atoms with E-state index in [0.29, 0.717) is 15.4 Å². The quantitative estimate of drug-likeness (QED) is 0.841. The lowest BCUT2D eigenvalue weighted by Crippen LogP contribution is -2.35. The summed E-state index contributed by atoms with van der Waals surface area (Å²) < 4.78 is 29.1. The largest absolute Gasteiger partial charge is 0.287 e. The lowest BCUT2D eigenvalue weighted by atomic mass is 9.99. The van der Waals surface area contributed by atoms with Crippen molar-refractivity contribution in [2.45, 2.75) is 53.9 Å². The Labute approximate surface area is 117 Å². The lowest BCUT2D eigenvalue weighted by Gasteiger charge is -2.36. The molecule has 0 spiro atoms. The Balaban J connectivity index is 1.96. The maximum Gasteiger partial charge on any atom is 0.287 e. The number of sulfonamides is 1. The molecule has 2 fully saturated rings. The number of fused-ring (bicyclic) bond motifs is 2. The van der Waals surface area contributed by atoms with E-state index in [1.54, 1.807) is 24.3 Å². The lowest BCUT2D eigenvalue weighted by molar-refractivity contribution is 0.485. The van der Waals surface area contributed by atoms with Crippen molar-refractivity contribution in [2.24, 2.45) is 3.77 Å². The standard InChI is InChI=1S/C14H19NO2S2/c16-19(17,14-10-2-1-3-11-14)15-18-12-6-4-7-13(18)9-5-8-12/h1-3,10-13H,4-9H2. The van der Waals surface area contributed by atoms with Gasteiger partial charge in [0, 0.05) is 10.5 Å². The Morgan fingerprint density at radius 1 is 0.947 bits per heavy atom. The number of nitrogens with zero attached hydrogens (tertiary/aromatic N) is 1. The van der Waals surface area contributed by atoms with E-state index < -0.39 is 10.0 Å². The van der Waals surface area contributed by atoms with E-state index in [0.717, 1.165) is 25.7 Å². The number of hydrogen-bond acceptors (Lipinski definition) is 2. The molecule has 2 bridgehead atoms. The van der Waals surface area contributed by atoms with Crippen LogP contribution in [-0.4, -0.2) is 18.9 Å². The van der Waals surface area contributed by atoms with Crippen molar-refractivity contribution >= 4 is 20.7 Å². The maximum atomic E-state index is 12.4. The third-order valence-corrected chi connectivity index (χ3v) is 8.66. The van der Waals surface area contributed by atoms with Gasteiger partial charge in [-0.25, -0.2) is 0 Å². The Morgan fingerprint density at radius 2 is 1.47 bits per heavy atom. The van der Waals surface area contributed by atoms with Crippen molar-refractivity contribution in [1.82, 2.24) is 0 Å². The van der Waals surface area contributed by atoms with E-state index in [1.807, 2.05) is 6.07 Å². The maximum absolute atomic E-state index is 12.4. The van der Waals surface area contributed by atoms with Crippen LogP contribution in [-0.2, 0) is 20.7 Å². The molecule has 3 rings (SSSR count). The highest BCUT2D eigenvalue weighted by Gasteiger charge is 2.33. The molecule has 0 aromatic heterocycles. The molecule has 2 aliphatic heterocycles. The smallest absolute Gasteiger partial charge is 0.199 e. The molecule has 0 saturated carbocycles. The van der Waals surface area contributed by atoms with Crippen LogP contribution in [0.4, 0.5) is 0 Å². The van der Waals surface area contributed by atoms with E-state index in [-0.39, 0.29) is 10.7 Å². The molecule has 1 aromatic carbocycles. The van der Waals surface area contributed by atoms with Crippen LogP contribution in [0, 0.1) is 0 Å². The Morgan fingerprint density at radius 3 is 2.00 bits per heavy atom. The van der Waals surface area contributed by atoms with Gasteiger partial charge in [0.25, 0.3) is 10.0 Å². The summed E-state index contributed by atoms with van der Waals surface area (Å²) in [6.07, 6.45) is 7.14. The molecule has 1 aromatic rings. The fraction of sp³-hybridized carbons (Fsp3) is 0.571. The van der Waals surface area contributed by atoms with Crippen molar-refractivity contribution in [3.8, 4) is 0 Å². The average molecular weight is 297 g/mol. The second kappa shape index (κ2) is 5.37. The molecule has 0 radical (unpaired) electrons. The summed E-state index contributed by atoms with van der Waals surface area (Å²) in [5.41, 5.74) is 0. The van der Waals surface area contributed by atoms with Crippen molar-refractivity contribution in [1.29, 1.82) is 0 Å². The van der Waals surface area contributed by atoms with Crippen LogP contribution in [0.25, 0.3) is 0 Å². The van der Waals surface area contributed by atoms with Crippen LogP contribution < -0.4 is 0 Å². The topological polar surface area (TPSA) is 46.5 Å². The minimum absolute atomic E-state index is 0.273. The van der Waals surface area contributed by atoms with Crippen molar-refractivity contribution < 1.29 is 8.42 Å². The molecule has 0 atom stereocenters. The highest BCUT2D eigenvalue weighted by atomic mass is 32.3. The van der Waals surface area contributed by atoms with Gasteiger partial charge in [0.1, 0.15) is 0 Å². The molecule has 0 amide bonds. The summed E-state index contributed by atoms with van der Waals surface area (Å²) in [6.45, 7) is 0. The van der Waals surface area contributed by atoms with Gasteiger partial charge in [0.2, 0.25) is 0 Å². The average Bonchev–Trinajstić information content (AvgIpc) is 2.39. The van der Waals surface area contributed by atoms with Crippen molar-refractivity contribution in [3.05, 3.63) is 30.3 Å². The molecule has 0 aliphatic carbocycles. The monoisotopic (exact) mass is 297 g/mol. The molecule has 5 heteroatoms. The number of rotatable bonds is 2. The van der Waals surface area contributed by atoms with Gasteiger partial charge >= 0.3 is 0 Å². The van der Waals surface area contributed by atoms with Gasteiger partial charge in [-0.2, -0.15) is 8.42 Å². The predicted octanol–water partition coefficient (Wildman–Crippen LogP) is 3.28. The second-order valence-electron chi connectivity index (χ2n) is 5.32. The van der Waals surface area contributed by atoms with Crippen LogP contribution >= 0.6 is 0 Å². The summed E-state index contributed by atoms with van der Waals surface area (Å²) in [5.74, 6) is 0. The van der Waals surface area contributed by atoms with Crippen LogP contribution in [0.2, 0.25) is 0 Å². The van der Waals surface area contributed by atoms with E-state index in [9.17, 15) is 8.42 Å². The van der Waals surface area contributed by atoms with Gasteiger partial charge in [0.05, 0.1) is 4.90 Å². The van der Waals surface area contributed by atoms with Crippen molar-refractivity contribution in [2.75, 3.05) is 0 Å². The molecule has 2 heterocycles. The van der Waals surface area contributed by atoms with Crippen LogP contribution in [0.15, 0.2) is 39.0 Å². The molecule has 19 heavy (non-hydrogen) atoms. The first-order valence-electron chi connectivity index (χ1n) is 6.92. The minimum Gasteiger partial charge on any atom is -0.199 e. The van der Waals surface area contributed by atoms with Gasteiger partial charge in [0.15, 0.2) is 0 Å². The molecule has 104 valence electrons. The molecule has 3 nitrogen and oxygen atoms in total. The van der Waals surface area contributed by atoms with Gasteiger partial charge in [-0.05, 0) is 37.8 Å². The fourth-order valence-electron chi connectivity index (χ4n) is 3.06. The molecule has 0 unspecified atom stereocenters. The molecule has 2 aliphatic rings. The first-order chi connectivity index (χ1) is 9.17. The third kappa shape index (κ3) is 2.77. The molecule has 2 saturated heterocycles. The zero-order valence-corrected chi connectivity index (χ0v) is 12.5. The molecular weight excluding hydrogens is 278 g/mol. The van der Waals surface area contributed by atoms with Crippen LogP contribution in [0.3, 0.4) is 0 Å². The van der Waals surface area contributed by atoms with E-state index in [4.69, 9.17) is 0 Å². The zero-order chi connectivity index (χ0) is 13.3. The summed E-state index contributed by atoms with van der Waals surface area (Å²) in [6, 6.07) is 8.63. The van der Waals surface area contributed by atoms with Gasteiger partial charge in [-0.3, -0.25) is 0 Å².